The van der Waals surface area contributed by atoms with Gasteiger partial charge >= 0.3 is 5.97 Å². The topological polar surface area (TPSA) is 72.9 Å². The van der Waals surface area contributed by atoms with E-state index in [-0.39, 0.29) is 29.5 Å². The van der Waals surface area contributed by atoms with Gasteiger partial charge < -0.3 is 9.47 Å². The summed E-state index contributed by atoms with van der Waals surface area (Å²) in [6, 6.07) is 10.3. The Morgan fingerprint density at radius 2 is 1.85 bits per heavy atom. The van der Waals surface area contributed by atoms with Crippen LogP contribution in [0.3, 0.4) is 0 Å². The van der Waals surface area contributed by atoms with Gasteiger partial charge in [-0.25, -0.2) is 13.2 Å². The van der Waals surface area contributed by atoms with Crippen molar-refractivity contribution in [3.05, 3.63) is 52.5 Å². The summed E-state index contributed by atoms with van der Waals surface area (Å²) in [5.74, 6) is -0.402. The van der Waals surface area contributed by atoms with Crippen molar-refractivity contribution in [2.75, 3.05) is 17.5 Å². The average Bonchev–Trinajstić information content (AvgIpc) is 2.61. The zero-order valence-electron chi connectivity index (χ0n) is 13.7. The molecule has 0 saturated heterocycles. The van der Waals surface area contributed by atoms with Gasteiger partial charge in [0.2, 0.25) is 6.10 Å². The van der Waals surface area contributed by atoms with E-state index in [0.29, 0.717) is 10.0 Å². The summed E-state index contributed by atoms with van der Waals surface area (Å²) in [6.07, 6.45) is -1.08. The minimum Gasteiger partial charge on any atom is -0.475 e. The van der Waals surface area contributed by atoms with Gasteiger partial charge in [0, 0.05) is 10.0 Å². The van der Waals surface area contributed by atoms with Crippen LogP contribution in [0.2, 0.25) is 10.0 Å². The second-order valence-electron chi connectivity index (χ2n) is 5.46. The third-order valence-corrected chi connectivity index (χ3v) is 6.02. The smallest absolute Gasteiger partial charge is 0.349 e. The number of carbonyl (C=O) groups is 1. The van der Waals surface area contributed by atoms with E-state index < -0.39 is 22.1 Å². The van der Waals surface area contributed by atoms with E-state index in [0.717, 1.165) is 4.31 Å². The van der Waals surface area contributed by atoms with Gasteiger partial charge in [-0.05, 0) is 49.4 Å². The molecule has 0 aliphatic carbocycles. The van der Waals surface area contributed by atoms with Crippen LogP contribution in [0.5, 0.6) is 5.75 Å². The number of hydrogen-bond donors (Lipinski definition) is 0. The normalized spacial score (nSPS) is 16.6. The Kier molecular flexibility index (Phi) is 5.32. The van der Waals surface area contributed by atoms with Crippen LogP contribution in [0.25, 0.3) is 0 Å². The number of hydrogen-bond acceptors (Lipinski definition) is 5. The van der Waals surface area contributed by atoms with Crippen molar-refractivity contribution >= 4 is 44.9 Å². The number of carbonyl (C=O) groups excluding carboxylic acids is 1. The van der Waals surface area contributed by atoms with Gasteiger partial charge in [-0.3, -0.25) is 4.31 Å². The molecule has 0 N–H and O–H groups in total. The number of nitrogens with zero attached hydrogens (tertiary/aromatic N) is 1. The fourth-order valence-corrected chi connectivity index (χ4v) is 4.30. The summed E-state index contributed by atoms with van der Waals surface area (Å²) in [6.45, 7) is 1.60. The first-order valence-electron chi connectivity index (χ1n) is 7.74. The van der Waals surface area contributed by atoms with Crippen LogP contribution in [0.1, 0.15) is 6.92 Å². The van der Waals surface area contributed by atoms with Crippen LogP contribution < -0.4 is 9.04 Å². The van der Waals surface area contributed by atoms with Crippen LogP contribution in [0, 0.1) is 0 Å². The molecule has 1 aliphatic rings. The first-order chi connectivity index (χ1) is 12.3. The van der Waals surface area contributed by atoms with E-state index in [2.05, 4.69) is 0 Å². The van der Waals surface area contributed by atoms with Crippen molar-refractivity contribution in [1.82, 2.24) is 0 Å². The molecule has 9 heteroatoms. The Morgan fingerprint density at radius 3 is 2.50 bits per heavy atom. The lowest BCUT2D eigenvalue weighted by Gasteiger charge is -2.34. The number of esters is 1. The van der Waals surface area contributed by atoms with Gasteiger partial charge in [0.15, 0.2) is 0 Å². The summed E-state index contributed by atoms with van der Waals surface area (Å²) in [5, 5.41) is 0.761. The number of fused-ring (bicyclic) bond motifs is 1. The van der Waals surface area contributed by atoms with Crippen LogP contribution in [0.4, 0.5) is 5.69 Å². The van der Waals surface area contributed by atoms with Crippen molar-refractivity contribution < 1.29 is 22.7 Å². The van der Waals surface area contributed by atoms with Crippen molar-refractivity contribution in [3.8, 4) is 5.75 Å². The number of anilines is 1. The zero-order valence-corrected chi connectivity index (χ0v) is 16.0. The predicted molar refractivity (Wildman–Crippen MR) is 98.5 cm³/mol. The fourth-order valence-electron chi connectivity index (χ4n) is 2.54. The van der Waals surface area contributed by atoms with Crippen LogP contribution in [-0.4, -0.2) is 33.6 Å². The summed E-state index contributed by atoms with van der Waals surface area (Å²) in [7, 11) is -3.96. The molecule has 26 heavy (non-hydrogen) atoms. The molecule has 3 rings (SSSR count). The predicted octanol–water partition coefficient (Wildman–Crippen LogP) is 3.51. The number of sulfonamides is 1. The standard InChI is InChI=1S/C17H15Cl2NO5S/c1-2-24-17(21)16-10-20(14-9-12(19)5-8-15(14)25-16)26(22,23)13-6-3-11(18)4-7-13/h3-9,16H,2,10H2,1H3/t16-/m1/s1. The Balaban J connectivity index is 2.07. The van der Waals surface area contributed by atoms with Crippen LogP contribution >= 0.6 is 23.2 Å². The molecule has 2 aromatic carbocycles. The second kappa shape index (κ2) is 7.34. The first kappa shape index (κ1) is 18.8. The van der Waals surface area contributed by atoms with E-state index in [1.165, 1.54) is 36.4 Å². The molecular weight excluding hydrogens is 401 g/mol. The fraction of sp³-hybridized carbons (Fsp3) is 0.235. The average molecular weight is 416 g/mol. The highest BCUT2D eigenvalue weighted by Crippen LogP contribution is 2.39. The molecule has 2 aromatic rings. The van der Waals surface area contributed by atoms with E-state index in [1.54, 1.807) is 13.0 Å². The highest BCUT2D eigenvalue weighted by molar-refractivity contribution is 7.92. The lowest BCUT2D eigenvalue weighted by Crippen LogP contribution is -2.47. The third-order valence-electron chi connectivity index (χ3n) is 3.74. The zero-order chi connectivity index (χ0) is 18.9. The highest BCUT2D eigenvalue weighted by Gasteiger charge is 2.38. The molecular formula is C17H15Cl2NO5S. The molecule has 0 spiro atoms. The molecule has 0 fully saturated rings. The van der Waals surface area contributed by atoms with Gasteiger partial charge in [-0.1, -0.05) is 23.2 Å². The van der Waals surface area contributed by atoms with Crippen LogP contribution in [0.15, 0.2) is 47.4 Å². The number of rotatable bonds is 4. The number of halogens is 2. The molecule has 0 bridgehead atoms. The van der Waals surface area contributed by atoms with Crippen LogP contribution in [-0.2, 0) is 19.6 Å². The summed E-state index contributed by atoms with van der Waals surface area (Å²) < 4.78 is 38.0. The monoisotopic (exact) mass is 415 g/mol. The Hall–Kier alpha value is -1.96. The highest BCUT2D eigenvalue weighted by atomic mass is 35.5. The minimum absolute atomic E-state index is 0.0392. The van der Waals surface area contributed by atoms with Gasteiger partial charge in [-0.2, -0.15) is 0 Å². The maximum Gasteiger partial charge on any atom is 0.349 e. The lowest BCUT2D eigenvalue weighted by atomic mass is 10.2. The molecule has 0 radical (unpaired) electrons. The number of benzene rings is 2. The molecule has 138 valence electrons. The Morgan fingerprint density at radius 1 is 1.19 bits per heavy atom. The van der Waals surface area contributed by atoms with E-state index in [4.69, 9.17) is 32.7 Å². The maximum atomic E-state index is 13.1. The molecule has 1 aliphatic heterocycles. The molecule has 0 amide bonds. The molecule has 1 heterocycles. The van der Waals surface area contributed by atoms with E-state index >= 15 is 0 Å². The second-order valence-corrected chi connectivity index (χ2v) is 8.20. The molecule has 0 aromatic heterocycles. The summed E-state index contributed by atoms with van der Waals surface area (Å²) >= 11 is 11.9. The lowest BCUT2D eigenvalue weighted by molar-refractivity contribution is -0.151. The van der Waals surface area contributed by atoms with E-state index in [9.17, 15) is 13.2 Å². The Labute approximate surface area is 161 Å². The largest absolute Gasteiger partial charge is 0.475 e. The van der Waals surface area contributed by atoms with Gasteiger partial charge in [-0.15, -0.1) is 0 Å². The van der Waals surface area contributed by atoms with Crippen molar-refractivity contribution in [2.24, 2.45) is 0 Å². The van der Waals surface area contributed by atoms with Gasteiger partial charge in [0.05, 0.1) is 23.7 Å². The summed E-state index contributed by atoms with van der Waals surface area (Å²) in [4.78, 5) is 12.2. The third kappa shape index (κ3) is 3.60. The van der Waals surface area contributed by atoms with Crippen molar-refractivity contribution in [3.63, 3.8) is 0 Å². The molecule has 6 nitrogen and oxygen atoms in total. The maximum absolute atomic E-state index is 13.1. The van der Waals surface area contributed by atoms with E-state index in [1.807, 2.05) is 0 Å². The van der Waals surface area contributed by atoms with Gasteiger partial charge in [0.25, 0.3) is 10.0 Å². The van der Waals surface area contributed by atoms with Crippen molar-refractivity contribution in [1.29, 1.82) is 0 Å². The SMILES string of the molecule is CCOC(=O)[C@H]1CN(S(=O)(=O)c2ccc(Cl)cc2)c2cc(Cl)ccc2O1. The van der Waals surface area contributed by atoms with Gasteiger partial charge in [0.1, 0.15) is 5.75 Å². The Bertz CT molecular complexity index is 931. The minimum atomic E-state index is -3.96. The molecule has 0 saturated carbocycles. The number of ether oxygens (including phenoxy) is 2. The first-order valence-corrected chi connectivity index (χ1v) is 9.93. The summed E-state index contributed by atoms with van der Waals surface area (Å²) in [5.41, 5.74) is 0.257. The quantitative estimate of drug-likeness (QED) is 0.714. The van der Waals surface area contributed by atoms with Crippen molar-refractivity contribution in [2.45, 2.75) is 17.9 Å². The molecule has 1 atom stereocenters. The molecule has 0 unspecified atom stereocenters.